The average molecular weight is 178 g/mol. The molecule has 1 unspecified atom stereocenters. The zero-order chi connectivity index (χ0) is 9.68. The summed E-state index contributed by atoms with van der Waals surface area (Å²) < 4.78 is 0. The van der Waals surface area contributed by atoms with E-state index >= 15 is 0 Å². The Labute approximate surface area is 78.2 Å². The van der Waals surface area contributed by atoms with Gasteiger partial charge in [0.25, 0.3) is 0 Å². The number of hydrogen-bond acceptors (Lipinski definition) is 3. The van der Waals surface area contributed by atoms with Crippen molar-refractivity contribution in [3.05, 3.63) is 23.7 Å². The summed E-state index contributed by atoms with van der Waals surface area (Å²) in [5.74, 6) is 0.821. The van der Waals surface area contributed by atoms with Gasteiger partial charge in [-0.25, -0.2) is 4.99 Å². The molecule has 0 amide bonds. The van der Waals surface area contributed by atoms with Crippen molar-refractivity contribution in [2.75, 3.05) is 7.05 Å². The second kappa shape index (κ2) is 4.45. The van der Waals surface area contributed by atoms with E-state index in [1.807, 2.05) is 19.3 Å². The molecule has 1 heterocycles. The van der Waals surface area contributed by atoms with Gasteiger partial charge in [0.05, 0.1) is 6.04 Å². The molecule has 2 N–H and O–H groups in total. The molecule has 0 aromatic carbocycles. The molecule has 0 aliphatic carbocycles. The molecular formula is C9H14N4. The van der Waals surface area contributed by atoms with E-state index in [4.69, 9.17) is 0 Å². The van der Waals surface area contributed by atoms with E-state index in [9.17, 15) is 0 Å². The first-order valence-electron chi connectivity index (χ1n) is 4.12. The predicted octanol–water partition coefficient (Wildman–Crippen LogP) is 0.652. The van der Waals surface area contributed by atoms with Gasteiger partial charge in [-0.15, -0.1) is 0 Å². The fraction of sp³-hybridized carbons (Fsp3) is 0.333. The molecule has 0 fully saturated rings. The highest BCUT2D eigenvalue weighted by atomic mass is 15.0. The third-order valence-electron chi connectivity index (χ3n) is 1.85. The van der Waals surface area contributed by atoms with E-state index in [1.165, 1.54) is 6.34 Å². The van der Waals surface area contributed by atoms with E-state index in [0.29, 0.717) is 6.04 Å². The van der Waals surface area contributed by atoms with Gasteiger partial charge in [0.1, 0.15) is 12.2 Å². The van der Waals surface area contributed by atoms with Gasteiger partial charge in [0.15, 0.2) is 0 Å². The molecule has 1 aliphatic heterocycles. The van der Waals surface area contributed by atoms with Crippen LogP contribution in [0, 0.1) is 0 Å². The molecule has 4 nitrogen and oxygen atoms in total. The lowest BCUT2D eigenvalue weighted by Gasteiger charge is -2.09. The number of nitrogens with zero attached hydrogens (tertiary/aromatic N) is 2. The molecule has 0 saturated carbocycles. The Bertz CT molecular complexity index is 275. The summed E-state index contributed by atoms with van der Waals surface area (Å²) in [4.78, 5) is 7.68. The minimum Gasteiger partial charge on any atom is -0.384 e. The van der Waals surface area contributed by atoms with Crippen LogP contribution in [0.2, 0.25) is 0 Å². The zero-order valence-electron chi connectivity index (χ0n) is 7.91. The molecule has 0 aromatic heterocycles. The van der Waals surface area contributed by atoms with Gasteiger partial charge in [0.2, 0.25) is 0 Å². The molecular weight excluding hydrogens is 164 g/mol. The summed E-state index contributed by atoms with van der Waals surface area (Å²) in [7, 11) is 1.83. The number of rotatable bonds is 3. The van der Waals surface area contributed by atoms with E-state index < -0.39 is 0 Å². The molecule has 0 aromatic rings. The molecule has 0 bridgehead atoms. The van der Waals surface area contributed by atoms with Crippen LogP contribution in [0.1, 0.15) is 6.92 Å². The Hall–Kier alpha value is -1.58. The van der Waals surface area contributed by atoms with E-state index in [2.05, 4.69) is 34.3 Å². The Kier molecular flexibility index (Phi) is 3.25. The maximum Gasteiger partial charge on any atom is 0.132 e. The standard InChI is InChI=1S/C9H14N4/c1-7-8(4-5-12-7)9(11-3)13-6-10-2/h4-7,11-12H,2H2,1,3H3/b9-8-,13-6-. The monoisotopic (exact) mass is 178 g/mol. The van der Waals surface area contributed by atoms with Crippen molar-refractivity contribution in [2.24, 2.45) is 9.98 Å². The summed E-state index contributed by atoms with van der Waals surface area (Å²) in [6.45, 7) is 5.40. The Balaban J connectivity index is 2.89. The van der Waals surface area contributed by atoms with Crippen LogP contribution in [0.25, 0.3) is 0 Å². The van der Waals surface area contributed by atoms with Crippen molar-refractivity contribution < 1.29 is 0 Å². The van der Waals surface area contributed by atoms with Gasteiger partial charge in [-0.3, -0.25) is 4.99 Å². The van der Waals surface area contributed by atoms with Crippen LogP contribution in [0.5, 0.6) is 0 Å². The fourth-order valence-corrected chi connectivity index (χ4v) is 1.18. The number of aliphatic imine (C=N–C) groups is 2. The quantitative estimate of drug-likeness (QED) is 0.492. The second-order valence-electron chi connectivity index (χ2n) is 2.70. The summed E-state index contributed by atoms with van der Waals surface area (Å²) in [5, 5.41) is 6.17. The van der Waals surface area contributed by atoms with E-state index in [-0.39, 0.29) is 0 Å². The lowest BCUT2D eigenvalue weighted by Crippen LogP contribution is -2.20. The molecule has 0 radical (unpaired) electrons. The molecule has 1 rings (SSSR count). The minimum atomic E-state index is 0.296. The first kappa shape index (κ1) is 9.51. The van der Waals surface area contributed by atoms with Crippen LogP contribution in [-0.2, 0) is 0 Å². The zero-order valence-corrected chi connectivity index (χ0v) is 7.91. The molecule has 0 saturated heterocycles. The van der Waals surface area contributed by atoms with Gasteiger partial charge in [-0.1, -0.05) is 0 Å². The van der Waals surface area contributed by atoms with Crippen molar-refractivity contribution in [1.29, 1.82) is 0 Å². The molecule has 4 heteroatoms. The Morgan fingerprint density at radius 1 is 1.77 bits per heavy atom. The smallest absolute Gasteiger partial charge is 0.132 e. The Morgan fingerprint density at radius 3 is 3.00 bits per heavy atom. The van der Waals surface area contributed by atoms with Crippen LogP contribution in [0.3, 0.4) is 0 Å². The topological polar surface area (TPSA) is 48.8 Å². The summed E-state index contributed by atoms with van der Waals surface area (Å²) in [6.07, 6.45) is 5.34. The molecule has 0 spiro atoms. The minimum absolute atomic E-state index is 0.296. The number of hydrogen-bond donors (Lipinski definition) is 2. The molecule has 70 valence electrons. The normalized spacial score (nSPS) is 24.6. The van der Waals surface area contributed by atoms with Gasteiger partial charge >= 0.3 is 0 Å². The maximum atomic E-state index is 4.12. The third-order valence-corrected chi connectivity index (χ3v) is 1.85. The lowest BCUT2D eigenvalue weighted by molar-refractivity contribution is 0.755. The second-order valence-corrected chi connectivity index (χ2v) is 2.70. The van der Waals surface area contributed by atoms with E-state index in [0.717, 1.165) is 11.4 Å². The Morgan fingerprint density at radius 2 is 2.54 bits per heavy atom. The highest BCUT2D eigenvalue weighted by molar-refractivity contribution is 5.63. The first-order chi connectivity index (χ1) is 6.29. The first-order valence-corrected chi connectivity index (χ1v) is 4.12. The molecule has 1 aliphatic rings. The lowest BCUT2D eigenvalue weighted by atomic mass is 10.1. The van der Waals surface area contributed by atoms with Gasteiger partial charge in [-0.05, 0) is 25.9 Å². The maximum absolute atomic E-state index is 4.12. The van der Waals surface area contributed by atoms with Crippen LogP contribution in [0.4, 0.5) is 0 Å². The van der Waals surface area contributed by atoms with Gasteiger partial charge < -0.3 is 10.6 Å². The highest BCUT2D eigenvalue weighted by Gasteiger charge is 2.13. The van der Waals surface area contributed by atoms with Gasteiger partial charge in [-0.2, -0.15) is 0 Å². The van der Waals surface area contributed by atoms with Crippen LogP contribution >= 0.6 is 0 Å². The molecule has 13 heavy (non-hydrogen) atoms. The van der Waals surface area contributed by atoms with Gasteiger partial charge in [0, 0.05) is 12.6 Å². The van der Waals surface area contributed by atoms with Crippen LogP contribution in [0.15, 0.2) is 33.7 Å². The average Bonchev–Trinajstić information content (AvgIpc) is 2.54. The number of nitrogens with one attached hydrogen (secondary N) is 2. The van der Waals surface area contributed by atoms with Crippen LogP contribution < -0.4 is 10.6 Å². The largest absolute Gasteiger partial charge is 0.384 e. The van der Waals surface area contributed by atoms with Crippen molar-refractivity contribution in [3.8, 4) is 0 Å². The predicted molar refractivity (Wildman–Crippen MR) is 55.9 cm³/mol. The van der Waals surface area contributed by atoms with Crippen LogP contribution in [-0.4, -0.2) is 26.1 Å². The highest BCUT2D eigenvalue weighted by Crippen LogP contribution is 2.14. The third kappa shape index (κ3) is 2.18. The van der Waals surface area contributed by atoms with Crippen molar-refractivity contribution in [2.45, 2.75) is 13.0 Å². The van der Waals surface area contributed by atoms with Crippen molar-refractivity contribution in [3.63, 3.8) is 0 Å². The summed E-state index contributed by atoms with van der Waals surface area (Å²) >= 11 is 0. The molecule has 1 atom stereocenters. The summed E-state index contributed by atoms with van der Waals surface area (Å²) in [6, 6.07) is 0.296. The van der Waals surface area contributed by atoms with Crippen molar-refractivity contribution in [1.82, 2.24) is 10.6 Å². The SMILES string of the molecule is C=N/C=N\C(NC)=C1\C=CNC1C. The van der Waals surface area contributed by atoms with E-state index in [1.54, 1.807) is 0 Å². The fourth-order valence-electron chi connectivity index (χ4n) is 1.18. The van der Waals surface area contributed by atoms with Crippen molar-refractivity contribution >= 4 is 13.1 Å². The summed E-state index contributed by atoms with van der Waals surface area (Å²) in [5.41, 5.74) is 1.13.